The number of hydrogen-bond donors (Lipinski definition) is 2. The van der Waals surface area contributed by atoms with Crippen LogP contribution in [-0.4, -0.2) is 32.9 Å². The van der Waals surface area contributed by atoms with Gasteiger partial charge in [-0.2, -0.15) is 0 Å². The molecule has 11 heavy (non-hydrogen) atoms. The molecule has 0 spiro atoms. The molecule has 66 valence electrons. The number of urea groups is 1. The number of carbonyl (C=O) groups excluding carboxylic acids is 1. The molecule has 0 aliphatic rings. The highest BCUT2D eigenvalue weighted by Gasteiger charge is 2.04. The van der Waals surface area contributed by atoms with E-state index in [1.54, 1.807) is 7.11 Å². The topological polar surface area (TPSA) is 59.6 Å². The van der Waals surface area contributed by atoms with Gasteiger partial charge in [0.2, 0.25) is 0 Å². The molecule has 0 bridgehead atoms. The molecule has 0 radical (unpaired) electrons. The zero-order valence-corrected chi connectivity index (χ0v) is 7.01. The van der Waals surface area contributed by atoms with Crippen molar-refractivity contribution in [1.29, 1.82) is 0 Å². The molecule has 0 aromatic heterocycles. The Hall–Kier alpha value is -0.810. The third-order valence-electron chi connectivity index (χ3n) is 0.989. The smallest absolute Gasteiger partial charge is 0.338 e. The van der Waals surface area contributed by atoms with Crippen LogP contribution in [0.2, 0.25) is 0 Å². The highest BCUT2D eigenvalue weighted by Crippen LogP contribution is 1.80. The highest BCUT2D eigenvalue weighted by atomic mass is 16.6. The summed E-state index contributed by atoms with van der Waals surface area (Å²) in [5.41, 5.74) is 2.13. The Morgan fingerprint density at radius 2 is 2.18 bits per heavy atom. The van der Waals surface area contributed by atoms with Crippen LogP contribution in [0.1, 0.15) is 6.92 Å². The largest absolute Gasteiger partial charge is 0.383 e. The van der Waals surface area contributed by atoms with Crippen molar-refractivity contribution in [3.8, 4) is 0 Å². The zero-order chi connectivity index (χ0) is 8.69. The second kappa shape index (κ2) is 5.94. The number of hydrogen-bond acceptors (Lipinski definition) is 3. The zero-order valence-electron chi connectivity index (χ0n) is 7.01. The first-order chi connectivity index (χ1) is 5.20. The van der Waals surface area contributed by atoms with Gasteiger partial charge in [0.1, 0.15) is 0 Å². The number of ether oxygens (including phenoxy) is 1. The highest BCUT2D eigenvalue weighted by molar-refractivity contribution is 5.72. The summed E-state index contributed by atoms with van der Waals surface area (Å²) in [6.45, 7) is 2.32. The first-order valence-electron chi connectivity index (χ1n) is 3.29. The van der Waals surface area contributed by atoms with Crippen LogP contribution in [0.5, 0.6) is 0 Å². The summed E-state index contributed by atoms with van der Waals surface area (Å²) in [5, 5.41) is 2.58. The van der Waals surface area contributed by atoms with Crippen molar-refractivity contribution in [2.45, 2.75) is 13.0 Å². The molecule has 2 amide bonds. The lowest BCUT2D eigenvalue weighted by Crippen LogP contribution is -2.42. The van der Waals surface area contributed by atoms with Crippen molar-refractivity contribution in [2.75, 3.05) is 20.8 Å². The van der Waals surface area contributed by atoms with E-state index in [1.165, 1.54) is 7.11 Å². The molecule has 0 aromatic rings. The van der Waals surface area contributed by atoms with Gasteiger partial charge < -0.3 is 10.1 Å². The number of amides is 2. The summed E-state index contributed by atoms with van der Waals surface area (Å²) < 4.78 is 4.80. The number of carbonyl (C=O) groups is 1. The quantitative estimate of drug-likeness (QED) is 0.567. The fourth-order valence-corrected chi connectivity index (χ4v) is 0.638. The molecule has 0 saturated heterocycles. The van der Waals surface area contributed by atoms with Crippen molar-refractivity contribution >= 4 is 6.03 Å². The van der Waals surface area contributed by atoms with E-state index in [2.05, 4.69) is 15.6 Å². The lowest BCUT2D eigenvalue weighted by Gasteiger charge is -2.11. The van der Waals surface area contributed by atoms with Crippen LogP contribution in [0, 0.1) is 0 Å². The van der Waals surface area contributed by atoms with Crippen LogP contribution in [0.4, 0.5) is 4.79 Å². The Morgan fingerprint density at radius 3 is 2.64 bits per heavy atom. The predicted molar refractivity (Wildman–Crippen MR) is 40.0 cm³/mol. The van der Waals surface area contributed by atoms with E-state index >= 15 is 0 Å². The molecule has 5 heteroatoms. The fourth-order valence-electron chi connectivity index (χ4n) is 0.638. The lowest BCUT2D eigenvalue weighted by atomic mass is 10.4. The maximum absolute atomic E-state index is 10.7. The molecule has 1 atom stereocenters. The molecule has 0 saturated carbocycles. The van der Waals surface area contributed by atoms with Crippen LogP contribution < -0.4 is 10.8 Å². The van der Waals surface area contributed by atoms with Gasteiger partial charge in [0, 0.05) is 7.11 Å². The summed E-state index contributed by atoms with van der Waals surface area (Å²) in [4.78, 5) is 15.1. The molecular formula is C6H14N2O3. The molecule has 0 aliphatic heterocycles. The molecule has 0 aliphatic carbocycles. The van der Waals surface area contributed by atoms with Crippen molar-refractivity contribution in [1.82, 2.24) is 10.8 Å². The lowest BCUT2D eigenvalue weighted by molar-refractivity contribution is 0.102. The first-order valence-corrected chi connectivity index (χ1v) is 3.29. The van der Waals surface area contributed by atoms with E-state index in [9.17, 15) is 4.79 Å². The van der Waals surface area contributed by atoms with E-state index in [0.29, 0.717) is 6.61 Å². The normalized spacial score (nSPS) is 12.3. The van der Waals surface area contributed by atoms with E-state index in [0.717, 1.165) is 0 Å². The molecule has 5 nitrogen and oxygen atoms in total. The van der Waals surface area contributed by atoms with Crippen LogP contribution in [-0.2, 0) is 9.57 Å². The third-order valence-corrected chi connectivity index (χ3v) is 0.989. The second-order valence-electron chi connectivity index (χ2n) is 2.14. The van der Waals surface area contributed by atoms with Crippen LogP contribution >= 0.6 is 0 Å². The van der Waals surface area contributed by atoms with Crippen LogP contribution in [0.25, 0.3) is 0 Å². The standard InChI is InChI=1S/C6H14N2O3/c1-5(4-10-2)7-6(9)8-11-3/h5H,4H2,1-3H3,(H2,7,8,9). The Labute approximate surface area is 66.0 Å². The van der Waals surface area contributed by atoms with Gasteiger partial charge >= 0.3 is 6.03 Å². The Morgan fingerprint density at radius 1 is 1.55 bits per heavy atom. The maximum atomic E-state index is 10.7. The maximum Gasteiger partial charge on any atom is 0.338 e. The summed E-state index contributed by atoms with van der Waals surface area (Å²) in [5.74, 6) is 0. The number of nitrogens with one attached hydrogen (secondary N) is 2. The predicted octanol–water partition coefficient (Wildman–Crippen LogP) is -0.118. The SMILES string of the molecule is COCC(C)NC(=O)NOC. The van der Waals surface area contributed by atoms with Crippen LogP contribution in [0.3, 0.4) is 0 Å². The third kappa shape index (κ3) is 5.63. The minimum absolute atomic E-state index is 0.0184. The van der Waals surface area contributed by atoms with E-state index in [-0.39, 0.29) is 12.1 Å². The summed E-state index contributed by atoms with van der Waals surface area (Å²) >= 11 is 0. The van der Waals surface area contributed by atoms with Crippen molar-refractivity contribution in [3.63, 3.8) is 0 Å². The molecule has 0 fully saturated rings. The molecule has 2 N–H and O–H groups in total. The number of rotatable bonds is 4. The average Bonchev–Trinajstić information content (AvgIpc) is 1.87. The van der Waals surface area contributed by atoms with Gasteiger partial charge in [-0.25, -0.2) is 10.3 Å². The molecule has 0 rings (SSSR count). The fraction of sp³-hybridized carbons (Fsp3) is 0.833. The van der Waals surface area contributed by atoms with Gasteiger partial charge in [0.15, 0.2) is 0 Å². The van der Waals surface area contributed by atoms with Gasteiger partial charge in [0.25, 0.3) is 0 Å². The van der Waals surface area contributed by atoms with Gasteiger partial charge in [-0.3, -0.25) is 4.84 Å². The summed E-state index contributed by atoms with van der Waals surface area (Å²) in [6, 6.07) is -0.382. The number of hydroxylamine groups is 1. The summed E-state index contributed by atoms with van der Waals surface area (Å²) in [7, 11) is 2.95. The monoisotopic (exact) mass is 162 g/mol. The Kier molecular flexibility index (Phi) is 5.50. The van der Waals surface area contributed by atoms with E-state index < -0.39 is 0 Å². The Balaban J connectivity index is 3.40. The van der Waals surface area contributed by atoms with E-state index in [1.807, 2.05) is 6.92 Å². The van der Waals surface area contributed by atoms with Gasteiger partial charge in [0.05, 0.1) is 19.8 Å². The summed E-state index contributed by atoms with van der Waals surface area (Å²) in [6.07, 6.45) is 0. The minimum Gasteiger partial charge on any atom is -0.383 e. The van der Waals surface area contributed by atoms with Crippen molar-refractivity contribution < 1.29 is 14.4 Å². The van der Waals surface area contributed by atoms with E-state index in [4.69, 9.17) is 4.74 Å². The average molecular weight is 162 g/mol. The van der Waals surface area contributed by atoms with Crippen LogP contribution in [0.15, 0.2) is 0 Å². The molecular weight excluding hydrogens is 148 g/mol. The Bertz CT molecular complexity index is 118. The molecule has 0 aromatic carbocycles. The second-order valence-corrected chi connectivity index (χ2v) is 2.14. The minimum atomic E-state index is -0.364. The van der Waals surface area contributed by atoms with Gasteiger partial charge in [-0.15, -0.1) is 0 Å². The van der Waals surface area contributed by atoms with Gasteiger partial charge in [-0.05, 0) is 6.92 Å². The molecule has 1 unspecified atom stereocenters. The van der Waals surface area contributed by atoms with Crippen molar-refractivity contribution in [2.24, 2.45) is 0 Å². The number of methoxy groups -OCH3 is 1. The van der Waals surface area contributed by atoms with Crippen molar-refractivity contribution in [3.05, 3.63) is 0 Å². The first kappa shape index (κ1) is 10.2. The van der Waals surface area contributed by atoms with Gasteiger partial charge in [-0.1, -0.05) is 0 Å². The molecule has 0 heterocycles.